The van der Waals surface area contributed by atoms with E-state index in [1.165, 1.54) is 11.8 Å². The number of carbonyl (C=O) groups is 1. The third-order valence-corrected chi connectivity index (χ3v) is 5.98. The summed E-state index contributed by atoms with van der Waals surface area (Å²) in [5.41, 5.74) is 2.91. The van der Waals surface area contributed by atoms with Gasteiger partial charge < -0.3 is 9.84 Å². The molecule has 0 unspecified atom stereocenters. The summed E-state index contributed by atoms with van der Waals surface area (Å²) in [5.74, 6) is 1.06. The highest BCUT2D eigenvalue weighted by Crippen LogP contribution is 2.33. The minimum Gasteiger partial charge on any atom is -0.497 e. The summed E-state index contributed by atoms with van der Waals surface area (Å²) in [6.07, 6.45) is 0. The van der Waals surface area contributed by atoms with Crippen molar-refractivity contribution in [1.82, 2.24) is 14.8 Å². The Morgan fingerprint density at radius 1 is 1.03 bits per heavy atom. The fourth-order valence-electron chi connectivity index (χ4n) is 3.04. The second kappa shape index (κ2) is 9.24. The molecule has 0 fully saturated rings. The molecule has 0 bridgehead atoms. The molecule has 0 atom stereocenters. The molecule has 1 N–H and O–H groups in total. The van der Waals surface area contributed by atoms with Crippen molar-refractivity contribution in [2.75, 3.05) is 7.11 Å². The molecule has 0 amide bonds. The summed E-state index contributed by atoms with van der Waals surface area (Å²) in [4.78, 5) is 11.1. The molecule has 4 rings (SSSR count). The maximum absolute atomic E-state index is 11.1. The van der Waals surface area contributed by atoms with E-state index < -0.39 is 5.97 Å². The first-order chi connectivity index (χ1) is 15.1. The van der Waals surface area contributed by atoms with E-state index in [9.17, 15) is 4.79 Å². The number of aromatic carboxylic acids is 1. The van der Waals surface area contributed by atoms with Gasteiger partial charge in [-0.2, -0.15) is 0 Å². The van der Waals surface area contributed by atoms with Crippen LogP contribution in [0.1, 0.15) is 15.9 Å². The Morgan fingerprint density at radius 3 is 2.39 bits per heavy atom. The normalized spacial score (nSPS) is 10.8. The van der Waals surface area contributed by atoms with Crippen molar-refractivity contribution in [1.29, 1.82) is 0 Å². The predicted octanol–water partition coefficient (Wildman–Crippen LogP) is 5.59. The molecule has 0 saturated heterocycles. The van der Waals surface area contributed by atoms with Crippen LogP contribution in [0, 0.1) is 0 Å². The predicted molar refractivity (Wildman–Crippen MR) is 121 cm³/mol. The fourth-order valence-corrected chi connectivity index (χ4v) is 4.16. The summed E-state index contributed by atoms with van der Waals surface area (Å²) in [7, 11) is 1.62. The number of halogens is 1. The number of carboxylic acids is 1. The topological polar surface area (TPSA) is 77.2 Å². The number of hydrogen-bond acceptors (Lipinski definition) is 5. The molecule has 4 aromatic rings. The Bertz CT molecular complexity index is 1210. The van der Waals surface area contributed by atoms with E-state index in [2.05, 4.69) is 10.2 Å². The van der Waals surface area contributed by atoms with Gasteiger partial charge in [0.2, 0.25) is 0 Å². The average molecular weight is 452 g/mol. The molecule has 8 heteroatoms. The summed E-state index contributed by atoms with van der Waals surface area (Å²) in [5, 5.41) is 19.2. The Morgan fingerprint density at radius 2 is 1.74 bits per heavy atom. The van der Waals surface area contributed by atoms with E-state index in [1.807, 2.05) is 53.1 Å². The van der Waals surface area contributed by atoms with Crippen LogP contribution in [0.25, 0.3) is 17.1 Å². The van der Waals surface area contributed by atoms with Gasteiger partial charge in [-0.15, -0.1) is 10.2 Å². The molecular weight excluding hydrogens is 434 g/mol. The third-order valence-electron chi connectivity index (χ3n) is 4.65. The van der Waals surface area contributed by atoms with Gasteiger partial charge in [-0.1, -0.05) is 47.6 Å². The minimum atomic E-state index is -0.942. The van der Waals surface area contributed by atoms with Crippen molar-refractivity contribution < 1.29 is 14.6 Å². The van der Waals surface area contributed by atoms with Crippen molar-refractivity contribution >= 4 is 29.3 Å². The van der Waals surface area contributed by atoms with Crippen LogP contribution in [0.5, 0.6) is 5.75 Å². The molecule has 0 aliphatic heterocycles. The second-order valence-corrected chi connectivity index (χ2v) is 7.96. The fraction of sp³-hybridized carbons (Fsp3) is 0.0870. The van der Waals surface area contributed by atoms with Gasteiger partial charge in [-0.05, 0) is 54.1 Å². The maximum atomic E-state index is 11.1. The van der Waals surface area contributed by atoms with Gasteiger partial charge in [0.25, 0.3) is 0 Å². The summed E-state index contributed by atoms with van der Waals surface area (Å²) in [6.45, 7) is 0. The van der Waals surface area contributed by atoms with E-state index in [-0.39, 0.29) is 5.56 Å². The number of benzene rings is 3. The van der Waals surface area contributed by atoms with Gasteiger partial charge in [0.15, 0.2) is 11.0 Å². The number of methoxy groups -OCH3 is 1. The first kappa shape index (κ1) is 21.0. The van der Waals surface area contributed by atoms with Gasteiger partial charge in [0.05, 0.1) is 17.7 Å². The number of carboxylic acid groups (broad SMARTS) is 1. The van der Waals surface area contributed by atoms with Crippen LogP contribution in [0.15, 0.2) is 78.0 Å². The van der Waals surface area contributed by atoms with Crippen LogP contribution < -0.4 is 4.74 Å². The Labute approximate surface area is 188 Å². The van der Waals surface area contributed by atoms with Crippen molar-refractivity contribution in [3.05, 3.63) is 88.9 Å². The number of hydrogen-bond donors (Lipinski definition) is 1. The van der Waals surface area contributed by atoms with Crippen LogP contribution >= 0.6 is 23.4 Å². The molecule has 156 valence electrons. The minimum absolute atomic E-state index is 0.260. The Balaban J connectivity index is 1.70. The van der Waals surface area contributed by atoms with Gasteiger partial charge in [-0.3, -0.25) is 4.57 Å². The quantitative estimate of drug-likeness (QED) is 0.369. The molecule has 0 aliphatic carbocycles. The van der Waals surface area contributed by atoms with E-state index >= 15 is 0 Å². The zero-order valence-corrected chi connectivity index (χ0v) is 18.1. The van der Waals surface area contributed by atoms with Crippen molar-refractivity contribution in [3.8, 4) is 22.8 Å². The standard InChI is InChI=1S/C23H18ClN3O3S/c1-30-18-12-10-17(11-13-18)27-21(19-4-2-3-5-20(19)24)25-26-23(27)31-14-15-6-8-16(9-7-15)22(28)29/h2-13H,14H2,1H3,(H,28,29). The molecule has 6 nitrogen and oxygen atoms in total. The maximum Gasteiger partial charge on any atom is 0.335 e. The Kier molecular flexibility index (Phi) is 6.25. The molecule has 1 aromatic heterocycles. The van der Waals surface area contributed by atoms with Crippen molar-refractivity contribution in [3.63, 3.8) is 0 Å². The third kappa shape index (κ3) is 4.57. The van der Waals surface area contributed by atoms with Crippen LogP contribution in [-0.4, -0.2) is 33.0 Å². The molecule has 0 radical (unpaired) electrons. The molecule has 0 spiro atoms. The highest BCUT2D eigenvalue weighted by Gasteiger charge is 2.18. The number of rotatable bonds is 7. The molecule has 0 aliphatic rings. The van der Waals surface area contributed by atoms with Gasteiger partial charge in [-0.25, -0.2) is 4.79 Å². The number of thioether (sulfide) groups is 1. The number of ether oxygens (including phenoxy) is 1. The van der Waals surface area contributed by atoms with E-state index in [4.69, 9.17) is 21.4 Å². The van der Waals surface area contributed by atoms with Gasteiger partial charge in [0.1, 0.15) is 5.75 Å². The average Bonchev–Trinajstić information content (AvgIpc) is 3.22. The zero-order chi connectivity index (χ0) is 21.8. The molecule has 1 heterocycles. The lowest BCUT2D eigenvalue weighted by atomic mass is 10.1. The monoisotopic (exact) mass is 451 g/mol. The van der Waals surface area contributed by atoms with Gasteiger partial charge >= 0.3 is 5.97 Å². The van der Waals surface area contributed by atoms with Crippen molar-refractivity contribution in [2.24, 2.45) is 0 Å². The molecular formula is C23H18ClN3O3S. The van der Waals surface area contributed by atoms with E-state index in [1.54, 1.807) is 31.4 Å². The van der Waals surface area contributed by atoms with Gasteiger partial charge in [0, 0.05) is 17.0 Å². The second-order valence-electron chi connectivity index (χ2n) is 6.61. The summed E-state index contributed by atoms with van der Waals surface area (Å²) in [6, 6.07) is 22.0. The highest BCUT2D eigenvalue weighted by molar-refractivity contribution is 7.98. The zero-order valence-electron chi connectivity index (χ0n) is 16.5. The van der Waals surface area contributed by atoms with Crippen LogP contribution in [0.4, 0.5) is 0 Å². The number of aromatic nitrogens is 3. The SMILES string of the molecule is COc1ccc(-n2c(SCc3ccc(C(=O)O)cc3)nnc2-c2ccccc2Cl)cc1. The lowest BCUT2D eigenvalue weighted by Gasteiger charge is -2.12. The van der Waals surface area contributed by atoms with Crippen LogP contribution in [0.2, 0.25) is 5.02 Å². The van der Waals surface area contributed by atoms with E-state index in [0.29, 0.717) is 21.8 Å². The lowest BCUT2D eigenvalue weighted by molar-refractivity contribution is 0.0697. The molecule has 31 heavy (non-hydrogen) atoms. The van der Waals surface area contributed by atoms with Crippen LogP contribution in [0.3, 0.4) is 0 Å². The van der Waals surface area contributed by atoms with Crippen LogP contribution in [-0.2, 0) is 5.75 Å². The largest absolute Gasteiger partial charge is 0.497 e. The highest BCUT2D eigenvalue weighted by atomic mass is 35.5. The molecule has 3 aromatic carbocycles. The smallest absolute Gasteiger partial charge is 0.335 e. The summed E-state index contributed by atoms with van der Waals surface area (Å²) < 4.78 is 7.23. The first-order valence-corrected chi connectivity index (χ1v) is 10.7. The van der Waals surface area contributed by atoms with E-state index in [0.717, 1.165) is 22.6 Å². The summed E-state index contributed by atoms with van der Waals surface area (Å²) >= 11 is 7.94. The molecule has 0 saturated carbocycles. The Hall–Kier alpha value is -3.29. The lowest BCUT2D eigenvalue weighted by Crippen LogP contribution is -2.00. The van der Waals surface area contributed by atoms with Crippen molar-refractivity contribution in [2.45, 2.75) is 10.9 Å². The first-order valence-electron chi connectivity index (χ1n) is 9.36. The number of nitrogens with zero attached hydrogens (tertiary/aromatic N) is 3.